The summed E-state index contributed by atoms with van der Waals surface area (Å²) in [5, 5.41) is 13.2. The third kappa shape index (κ3) is 2.79. The van der Waals surface area contributed by atoms with Gasteiger partial charge in [0.2, 0.25) is 5.91 Å². The monoisotopic (exact) mass is 287 g/mol. The van der Waals surface area contributed by atoms with Gasteiger partial charge in [-0.25, -0.2) is 0 Å². The van der Waals surface area contributed by atoms with Crippen LogP contribution in [0, 0.1) is 0 Å². The predicted molar refractivity (Wildman–Crippen MR) is 72.0 cm³/mol. The first kappa shape index (κ1) is 13.7. The quantitative estimate of drug-likeness (QED) is 0.894. The second-order valence-electron chi connectivity index (χ2n) is 4.72. The molecule has 0 bridgehead atoms. The highest BCUT2D eigenvalue weighted by molar-refractivity contribution is 6.36. The smallest absolute Gasteiger partial charge is 0.225 e. The fourth-order valence-electron chi connectivity index (χ4n) is 2.13. The van der Waals surface area contributed by atoms with Gasteiger partial charge >= 0.3 is 0 Å². The van der Waals surface area contributed by atoms with E-state index in [4.69, 9.17) is 23.2 Å². The standard InChI is InChI=1S/C13H15Cl2NO2/c14-10-3-1-4-11(15)9(10)7-12(18)16-13(8-17)5-2-6-13/h1,3-4,17H,2,5-8H2,(H,16,18). The lowest BCUT2D eigenvalue weighted by molar-refractivity contribution is -0.124. The molecule has 0 saturated heterocycles. The molecule has 5 heteroatoms. The Labute approximate surface area is 116 Å². The van der Waals surface area contributed by atoms with E-state index in [-0.39, 0.29) is 18.9 Å². The Balaban J connectivity index is 2.03. The highest BCUT2D eigenvalue weighted by atomic mass is 35.5. The first-order valence-electron chi connectivity index (χ1n) is 5.91. The van der Waals surface area contributed by atoms with Gasteiger partial charge in [0.1, 0.15) is 0 Å². The minimum Gasteiger partial charge on any atom is -0.394 e. The van der Waals surface area contributed by atoms with Crippen molar-refractivity contribution in [3.63, 3.8) is 0 Å². The molecule has 1 aromatic carbocycles. The summed E-state index contributed by atoms with van der Waals surface area (Å²) >= 11 is 12.0. The van der Waals surface area contributed by atoms with Crippen molar-refractivity contribution in [2.75, 3.05) is 6.61 Å². The van der Waals surface area contributed by atoms with Gasteiger partial charge in [-0.1, -0.05) is 29.3 Å². The lowest BCUT2D eigenvalue weighted by Gasteiger charge is -2.41. The first-order valence-corrected chi connectivity index (χ1v) is 6.67. The molecule has 1 amide bonds. The van der Waals surface area contributed by atoms with Crippen molar-refractivity contribution in [1.82, 2.24) is 5.32 Å². The molecule has 0 aromatic heterocycles. The molecule has 3 nitrogen and oxygen atoms in total. The zero-order valence-electron chi connectivity index (χ0n) is 9.88. The fourth-order valence-corrected chi connectivity index (χ4v) is 2.66. The second-order valence-corrected chi connectivity index (χ2v) is 5.53. The van der Waals surface area contributed by atoms with Crippen molar-refractivity contribution < 1.29 is 9.90 Å². The number of amides is 1. The maximum atomic E-state index is 11.9. The van der Waals surface area contributed by atoms with Crippen LogP contribution in [-0.2, 0) is 11.2 Å². The Hall–Kier alpha value is -0.770. The Morgan fingerprint density at radius 1 is 1.33 bits per heavy atom. The summed E-state index contributed by atoms with van der Waals surface area (Å²) < 4.78 is 0. The van der Waals surface area contributed by atoms with E-state index in [1.807, 2.05) is 0 Å². The Morgan fingerprint density at radius 2 is 1.94 bits per heavy atom. The summed E-state index contributed by atoms with van der Waals surface area (Å²) in [5.74, 6) is -0.154. The topological polar surface area (TPSA) is 49.3 Å². The largest absolute Gasteiger partial charge is 0.394 e. The van der Waals surface area contributed by atoms with E-state index in [0.29, 0.717) is 15.6 Å². The first-order chi connectivity index (χ1) is 8.56. The minimum absolute atomic E-state index is 0.0189. The number of hydrogen-bond acceptors (Lipinski definition) is 2. The van der Waals surface area contributed by atoms with E-state index in [1.54, 1.807) is 18.2 Å². The minimum atomic E-state index is -0.426. The molecule has 0 heterocycles. The normalized spacial score (nSPS) is 17.1. The SMILES string of the molecule is O=C(Cc1c(Cl)cccc1Cl)NC1(CO)CCC1. The van der Waals surface area contributed by atoms with Gasteiger partial charge in [-0.05, 0) is 37.0 Å². The van der Waals surface area contributed by atoms with Crippen LogP contribution in [0.15, 0.2) is 18.2 Å². The summed E-state index contributed by atoms with van der Waals surface area (Å²) in [6.07, 6.45) is 2.82. The molecule has 98 valence electrons. The van der Waals surface area contributed by atoms with Crippen LogP contribution < -0.4 is 5.32 Å². The molecule has 0 aliphatic heterocycles. The van der Waals surface area contributed by atoms with Gasteiger partial charge in [0.25, 0.3) is 0 Å². The maximum absolute atomic E-state index is 11.9. The number of aliphatic hydroxyl groups excluding tert-OH is 1. The van der Waals surface area contributed by atoms with E-state index < -0.39 is 5.54 Å². The molecule has 0 atom stereocenters. The zero-order chi connectivity index (χ0) is 13.2. The number of carbonyl (C=O) groups excluding carboxylic acids is 1. The van der Waals surface area contributed by atoms with Crippen molar-refractivity contribution in [3.05, 3.63) is 33.8 Å². The van der Waals surface area contributed by atoms with Crippen LogP contribution in [-0.4, -0.2) is 23.2 Å². The van der Waals surface area contributed by atoms with Crippen LogP contribution in [0.3, 0.4) is 0 Å². The van der Waals surface area contributed by atoms with E-state index in [1.165, 1.54) is 0 Å². The lowest BCUT2D eigenvalue weighted by atomic mass is 9.77. The van der Waals surface area contributed by atoms with E-state index >= 15 is 0 Å². The van der Waals surface area contributed by atoms with Crippen LogP contribution in [0.4, 0.5) is 0 Å². The molecule has 2 N–H and O–H groups in total. The highest BCUT2D eigenvalue weighted by Crippen LogP contribution is 2.31. The predicted octanol–water partition coefficient (Wildman–Crippen LogP) is 2.57. The third-order valence-corrected chi connectivity index (χ3v) is 4.13. The van der Waals surface area contributed by atoms with Crippen LogP contribution in [0.2, 0.25) is 10.0 Å². The average molecular weight is 288 g/mol. The molecule has 18 heavy (non-hydrogen) atoms. The molecular weight excluding hydrogens is 273 g/mol. The van der Waals surface area contributed by atoms with Crippen molar-refractivity contribution >= 4 is 29.1 Å². The van der Waals surface area contributed by atoms with Crippen molar-refractivity contribution in [1.29, 1.82) is 0 Å². The molecule has 2 rings (SSSR count). The van der Waals surface area contributed by atoms with Gasteiger partial charge in [0.15, 0.2) is 0 Å². The third-order valence-electron chi connectivity index (χ3n) is 3.42. The molecular formula is C13H15Cl2NO2. The molecule has 1 aromatic rings. The Bertz CT molecular complexity index is 433. The summed E-state index contributed by atoms with van der Waals surface area (Å²) in [4.78, 5) is 11.9. The Morgan fingerprint density at radius 3 is 2.39 bits per heavy atom. The molecule has 0 spiro atoms. The number of benzene rings is 1. The number of halogens is 2. The molecule has 1 fully saturated rings. The van der Waals surface area contributed by atoms with Gasteiger partial charge < -0.3 is 10.4 Å². The molecule has 1 aliphatic carbocycles. The van der Waals surface area contributed by atoms with E-state index in [9.17, 15) is 9.90 Å². The number of hydrogen-bond donors (Lipinski definition) is 2. The van der Waals surface area contributed by atoms with Crippen LogP contribution in [0.1, 0.15) is 24.8 Å². The number of aliphatic hydroxyl groups is 1. The van der Waals surface area contributed by atoms with Crippen molar-refractivity contribution in [3.8, 4) is 0 Å². The number of carbonyl (C=O) groups is 1. The van der Waals surface area contributed by atoms with Gasteiger partial charge in [-0.3, -0.25) is 4.79 Å². The zero-order valence-corrected chi connectivity index (χ0v) is 11.4. The van der Waals surface area contributed by atoms with Gasteiger partial charge in [-0.15, -0.1) is 0 Å². The van der Waals surface area contributed by atoms with Crippen LogP contribution in [0.5, 0.6) is 0 Å². The molecule has 1 aliphatic rings. The van der Waals surface area contributed by atoms with Gasteiger partial charge in [-0.2, -0.15) is 0 Å². The Kier molecular flexibility index (Phi) is 4.15. The molecule has 0 unspecified atom stereocenters. The number of rotatable bonds is 4. The maximum Gasteiger partial charge on any atom is 0.225 e. The van der Waals surface area contributed by atoms with Crippen molar-refractivity contribution in [2.24, 2.45) is 0 Å². The summed E-state index contributed by atoms with van der Waals surface area (Å²) in [7, 11) is 0. The van der Waals surface area contributed by atoms with E-state index in [2.05, 4.69) is 5.32 Å². The molecule has 0 radical (unpaired) electrons. The lowest BCUT2D eigenvalue weighted by Crippen LogP contribution is -2.56. The summed E-state index contributed by atoms with van der Waals surface area (Å²) in [6.45, 7) is -0.0189. The number of nitrogens with one attached hydrogen (secondary N) is 1. The fraction of sp³-hybridized carbons (Fsp3) is 0.462. The molecule has 1 saturated carbocycles. The van der Waals surface area contributed by atoms with Crippen molar-refractivity contribution in [2.45, 2.75) is 31.2 Å². The van der Waals surface area contributed by atoms with Gasteiger partial charge in [0.05, 0.1) is 18.6 Å². The van der Waals surface area contributed by atoms with Gasteiger partial charge in [0, 0.05) is 10.0 Å². The van der Waals surface area contributed by atoms with Crippen LogP contribution >= 0.6 is 23.2 Å². The second kappa shape index (κ2) is 5.47. The van der Waals surface area contributed by atoms with E-state index in [0.717, 1.165) is 19.3 Å². The highest BCUT2D eigenvalue weighted by Gasteiger charge is 2.37. The summed E-state index contributed by atoms with van der Waals surface area (Å²) in [5.41, 5.74) is 0.205. The summed E-state index contributed by atoms with van der Waals surface area (Å²) in [6, 6.07) is 5.16. The average Bonchev–Trinajstić information content (AvgIpc) is 2.29. The van der Waals surface area contributed by atoms with Crippen LogP contribution in [0.25, 0.3) is 0 Å².